The molecule has 1 aromatic heterocycles. The molecule has 0 spiro atoms. The normalized spacial score (nSPS) is 12.6. The number of benzene rings is 1. The fourth-order valence-corrected chi connectivity index (χ4v) is 3.70. The highest BCUT2D eigenvalue weighted by atomic mass is 32.1. The van der Waals surface area contributed by atoms with Crippen LogP contribution in [0.15, 0.2) is 24.3 Å². The molecule has 0 aliphatic carbocycles. The number of fused-ring (bicyclic) bond motifs is 1. The molecule has 18 heavy (non-hydrogen) atoms. The van der Waals surface area contributed by atoms with Crippen molar-refractivity contribution in [1.29, 1.82) is 0 Å². The van der Waals surface area contributed by atoms with Crippen molar-refractivity contribution in [2.45, 2.75) is 47.5 Å². The Labute approximate surface area is 115 Å². The summed E-state index contributed by atoms with van der Waals surface area (Å²) >= 11 is 1.95. The van der Waals surface area contributed by atoms with E-state index >= 15 is 0 Å². The molecule has 1 heteroatoms. The molecule has 0 radical (unpaired) electrons. The molecule has 0 aliphatic rings. The van der Waals surface area contributed by atoms with Crippen LogP contribution in [0.3, 0.4) is 0 Å². The third-order valence-electron chi connectivity index (χ3n) is 2.98. The van der Waals surface area contributed by atoms with Crippen molar-refractivity contribution in [1.82, 2.24) is 0 Å². The Kier molecular flexibility index (Phi) is 3.82. The SMILES string of the molecule is CC(C)Cc1ccc2sc(CC(C)(C)C)cc2c1. The summed E-state index contributed by atoms with van der Waals surface area (Å²) in [7, 11) is 0. The standard InChI is InChI=1S/C17H24S/c1-12(2)8-13-6-7-16-14(9-13)10-15(18-16)11-17(3,4)5/h6-7,9-10,12H,8,11H2,1-5H3. The second kappa shape index (κ2) is 5.05. The quantitative estimate of drug-likeness (QED) is 0.665. The van der Waals surface area contributed by atoms with Gasteiger partial charge in [0.1, 0.15) is 0 Å². The van der Waals surface area contributed by atoms with Gasteiger partial charge in [0, 0.05) is 9.58 Å². The lowest BCUT2D eigenvalue weighted by molar-refractivity contribution is 0.415. The van der Waals surface area contributed by atoms with E-state index in [0.717, 1.165) is 5.92 Å². The zero-order valence-corrected chi connectivity index (χ0v) is 13.0. The molecule has 0 nitrogen and oxygen atoms in total. The van der Waals surface area contributed by atoms with Crippen LogP contribution in [-0.4, -0.2) is 0 Å². The highest BCUT2D eigenvalue weighted by molar-refractivity contribution is 7.19. The number of hydrogen-bond donors (Lipinski definition) is 0. The van der Waals surface area contributed by atoms with Crippen LogP contribution in [0.4, 0.5) is 0 Å². The van der Waals surface area contributed by atoms with E-state index in [0.29, 0.717) is 5.41 Å². The largest absolute Gasteiger partial charge is 0.140 e. The van der Waals surface area contributed by atoms with Crippen molar-refractivity contribution in [3.05, 3.63) is 34.7 Å². The maximum absolute atomic E-state index is 2.38. The minimum Gasteiger partial charge on any atom is -0.140 e. The minimum absolute atomic E-state index is 0.377. The van der Waals surface area contributed by atoms with Gasteiger partial charge in [-0.15, -0.1) is 11.3 Å². The van der Waals surface area contributed by atoms with Gasteiger partial charge in [-0.3, -0.25) is 0 Å². The van der Waals surface area contributed by atoms with Crippen LogP contribution in [0.1, 0.15) is 45.1 Å². The molecule has 0 aliphatic heterocycles. The van der Waals surface area contributed by atoms with Crippen LogP contribution in [0, 0.1) is 11.3 Å². The summed E-state index contributed by atoms with van der Waals surface area (Å²) in [6, 6.07) is 9.34. The maximum Gasteiger partial charge on any atom is 0.0345 e. The average molecular weight is 260 g/mol. The average Bonchev–Trinajstić information content (AvgIpc) is 2.54. The first kappa shape index (κ1) is 13.6. The number of thiophene rings is 1. The van der Waals surface area contributed by atoms with Crippen molar-refractivity contribution in [2.75, 3.05) is 0 Å². The summed E-state index contributed by atoms with van der Waals surface area (Å²) in [6.45, 7) is 11.5. The van der Waals surface area contributed by atoms with Gasteiger partial charge in [-0.1, -0.05) is 46.8 Å². The Morgan fingerprint density at radius 1 is 1.11 bits per heavy atom. The van der Waals surface area contributed by atoms with Crippen LogP contribution in [0.25, 0.3) is 10.1 Å². The van der Waals surface area contributed by atoms with E-state index in [1.807, 2.05) is 11.3 Å². The second-order valence-corrected chi connectivity index (χ2v) is 8.09. The smallest absolute Gasteiger partial charge is 0.0345 e. The van der Waals surface area contributed by atoms with Crippen LogP contribution < -0.4 is 0 Å². The summed E-state index contributed by atoms with van der Waals surface area (Å²) < 4.78 is 1.43. The lowest BCUT2D eigenvalue weighted by Crippen LogP contribution is -2.07. The van der Waals surface area contributed by atoms with Gasteiger partial charge in [0.05, 0.1) is 0 Å². The monoisotopic (exact) mass is 260 g/mol. The van der Waals surface area contributed by atoms with E-state index in [4.69, 9.17) is 0 Å². The molecule has 0 saturated carbocycles. The van der Waals surface area contributed by atoms with Crippen molar-refractivity contribution >= 4 is 21.4 Å². The van der Waals surface area contributed by atoms with E-state index in [1.54, 1.807) is 0 Å². The summed E-state index contributed by atoms with van der Waals surface area (Å²) in [6.07, 6.45) is 2.35. The lowest BCUT2D eigenvalue weighted by atomic mass is 9.91. The van der Waals surface area contributed by atoms with E-state index in [9.17, 15) is 0 Å². The van der Waals surface area contributed by atoms with Crippen molar-refractivity contribution < 1.29 is 0 Å². The van der Waals surface area contributed by atoms with Crippen LogP contribution in [0.5, 0.6) is 0 Å². The first-order valence-electron chi connectivity index (χ1n) is 6.85. The van der Waals surface area contributed by atoms with Gasteiger partial charge in [0.25, 0.3) is 0 Å². The van der Waals surface area contributed by atoms with Gasteiger partial charge < -0.3 is 0 Å². The third-order valence-corrected chi connectivity index (χ3v) is 4.10. The lowest BCUT2D eigenvalue weighted by Gasteiger charge is -2.16. The molecule has 0 saturated heterocycles. The van der Waals surface area contributed by atoms with E-state index in [1.165, 1.54) is 33.4 Å². The highest BCUT2D eigenvalue weighted by Crippen LogP contribution is 2.31. The van der Waals surface area contributed by atoms with Gasteiger partial charge in [0.2, 0.25) is 0 Å². The highest BCUT2D eigenvalue weighted by Gasteiger charge is 2.13. The number of rotatable bonds is 3. The first-order chi connectivity index (χ1) is 8.33. The molecule has 2 rings (SSSR count). The topological polar surface area (TPSA) is 0 Å². The van der Waals surface area contributed by atoms with Crippen molar-refractivity contribution in [2.24, 2.45) is 11.3 Å². The molecular weight excluding hydrogens is 236 g/mol. The zero-order chi connectivity index (χ0) is 13.3. The maximum atomic E-state index is 2.38. The summed E-state index contributed by atoms with van der Waals surface area (Å²) in [4.78, 5) is 1.51. The molecule has 0 amide bonds. The summed E-state index contributed by atoms with van der Waals surface area (Å²) in [5, 5.41) is 1.43. The van der Waals surface area contributed by atoms with Gasteiger partial charge in [-0.25, -0.2) is 0 Å². The molecule has 1 aromatic carbocycles. The van der Waals surface area contributed by atoms with Crippen molar-refractivity contribution in [3.63, 3.8) is 0 Å². The van der Waals surface area contributed by atoms with Crippen molar-refractivity contribution in [3.8, 4) is 0 Å². The summed E-state index contributed by atoms with van der Waals surface area (Å²) in [5.74, 6) is 0.732. The fourth-order valence-electron chi connectivity index (χ4n) is 2.36. The van der Waals surface area contributed by atoms with Gasteiger partial charge in [-0.05, 0) is 47.3 Å². The number of hydrogen-bond acceptors (Lipinski definition) is 1. The Bertz CT molecular complexity index is 526. The van der Waals surface area contributed by atoms with Gasteiger partial charge in [0.15, 0.2) is 0 Å². The fraction of sp³-hybridized carbons (Fsp3) is 0.529. The Hall–Kier alpha value is -0.820. The molecule has 0 atom stereocenters. The Balaban J connectivity index is 2.28. The van der Waals surface area contributed by atoms with E-state index in [2.05, 4.69) is 58.9 Å². The predicted molar refractivity (Wildman–Crippen MR) is 83.5 cm³/mol. The van der Waals surface area contributed by atoms with Crippen LogP contribution >= 0.6 is 11.3 Å². The zero-order valence-electron chi connectivity index (χ0n) is 12.2. The molecular formula is C17H24S. The van der Waals surface area contributed by atoms with Gasteiger partial charge >= 0.3 is 0 Å². The second-order valence-electron chi connectivity index (χ2n) is 6.92. The third kappa shape index (κ3) is 3.58. The van der Waals surface area contributed by atoms with Gasteiger partial charge in [-0.2, -0.15) is 0 Å². The predicted octanol–water partition coefficient (Wildman–Crippen LogP) is 5.69. The van der Waals surface area contributed by atoms with Crippen LogP contribution in [0.2, 0.25) is 0 Å². The van der Waals surface area contributed by atoms with E-state index < -0.39 is 0 Å². The minimum atomic E-state index is 0.377. The van der Waals surface area contributed by atoms with E-state index in [-0.39, 0.29) is 0 Å². The summed E-state index contributed by atoms with van der Waals surface area (Å²) in [5.41, 5.74) is 1.85. The molecule has 98 valence electrons. The van der Waals surface area contributed by atoms with Crippen LogP contribution in [-0.2, 0) is 12.8 Å². The first-order valence-corrected chi connectivity index (χ1v) is 7.66. The molecule has 1 heterocycles. The molecule has 0 N–H and O–H groups in total. The molecule has 0 unspecified atom stereocenters. The molecule has 2 aromatic rings. The molecule has 0 fully saturated rings. The Morgan fingerprint density at radius 3 is 2.44 bits per heavy atom. The Morgan fingerprint density at radius 2 is 1.83 bits per heavy atom. The molecule has 0 bridgehead atoms.